The molecule has 0 saturated carbocycles. The van der Waals surface area contributed by atoms with Gasteiger partial charge in [-0.15, -0.1) is 0 Å². The van der Waals surface area contributed by atoms with Crippen molar-refractivity contribution in [2.45, 2.75) is 13.3 Å². The highest BCUT2D eigenvalue weighted by Crippen LogP contribution is 2.28. The molecule has 0 spiro atoms. The minimum Gasteiger partial charge on any atom is -0.465 e. The summed E-state index contributed by atoms with van der Waals surface area (Å²) in [7, 11) is -0.259. The lowest BCUT2D eigenvalue weighted by Crippen LogP contribution is -2.43. The van der Waals surface area contributed by atoms with Crippen molar-refractivity contribution in [2.24, 2.45) is 0 Å². The van der Waals surface area contributed by atoms with Crippen LogP contribution in [-0.2, 0) is 10.2 Å². The summed E-state index contributed by atoms with van der Waals surface area (Å²) in [4.78, 5) is 0. The Kier molecular flexibility index (Phi) is 3.61. The molecule has 0 bridgehead atoms. The van der Waals surface area contributed by atoms with E-state index in [-0.39, 0.29) is 0 Å². The van der Waals surface area contributed by atoms with Gasteiger partial charge in [0.15, 0.2) is 0 Å². The fraction of sp³-hybridized carbons (Fsp3) is 0.500. The summed E-state index contributed by atoms with van der Waals surface area (Å²) in [5.74, 6) is 0.756. The molecule has 2 rings (SSSR count). The molecular formula is C12H18N2O3S. The van der Waals surface area contributed by atoms with Gasteiger partial charge in [0.1, 0.15) is 5.76 Å². The maximum absolute atomic E-state index is 12.1. The minimum absolute atomic E-state index is 0.375. The minimum atomic E-state index is -3.36. The van der Waals surface area contributed by atoms with Crippen LogP contribution in [0.2, 0.25) is 0 Å². The molecule has 6 heteroatoms. The van der Waals surface area contributed by atoms with Gasteiger partial charge in [-0.3, -0.25) is 0 Å². The van der Waals surface area contributed by atoms with Crippen LogP contribution in [0.4, 0.5) is 0 Å². The van der Waals surface area contributed by atoms with Gasteiger partial charge in [0.25, 0.3) is 10.2 Å². The fourth-order valence-corrected chi connectivity index (χ4v) is 3.08. The van der Waals surface area contributed by atoms with Gasteiger partial charge >= 0.3 is 0 Å². The van der Waals surface area contributed by atoms with E-state index in [1.54, 1.807) is 20.4 Å². The average molecular weight is 270 g/mol. The van der Waals surface area contributed by atoms with E-state index in [0.29, 0.717) is 13.1 Å². The smallest absolute Gasteiger partial charge is 0.281 e. The molecule has 0 radical (unpaired) electrons. The zero-order chi connectivity index (χ0) is 13.3. The van der Waals surface area contributed by atoms with Crippen molar-refractivity contribution in [3.05, 3.63) is 29.7 Å². The van der Waals surface area contributed by atoms with Crippen molar-refractivity contribution in [1.82, 2.24) is 8.61 Å². The van der Waals surface area contributed by atoms with Gasteiger partial charge in [-0.25, -0.2) is 0 Å². The topological polar surface area (TPSA) is 53.8 Å². The number of furan rings is 1. The normalized spacial score (nSPS) is 18.7. The highest BCUT2D eigenvalue weighted by atomic mass is 32.2. The summed E-state index contributed by atoms with van der Waals surface area (Å²) in [6, 6.07) is 3.68. The molecule has 1 aromatic rings. The molecule has 18 heavy (non-hydrogen) atoms. The maximum atomic E-state index is 12.1. The van der Waals surface area contributed by atoms with Crippen molar-refractivity contribution in [2.75, 3.05) is 27.2 Å². The number of hydrogen-bond donors (Lipinski definition) is 0. The first-order valence-electron chi connectivity index (χ1n) is 5.83. The Balaban J connectivity index is 2.29. The quantitative estimate of drug-likeness (QED) is 0.837. The Morgan fingerprint density at radius 1 is 1.39 bits per heavy atom. The summed E-state index contributed by atoms with van der Waals surface area (Å²) in [5.41, 5.74) is 2.16. The van der Waals surface area contributed by atoms with E-state index < -0.39 is 10.2 Å². The van der Waals surface area contributed by atoms with Gasteiger partial charge in [0, 0.05) is 32.8 Å². The maximum Gasteiger partial charge on any atom is 0.281 e. The number of nitrogens with zero attached hydrogens (tertiary/aromatic N) is 2. The van der Waals surface area contributed by atoms with E-state index in [1.165, 1.54) is 14.2 Å². The van der Waals surface area contributed by atoms with Gasteiger partial charge in [0.2, 0.25) is 0 Å². The van der Waals surface area contributed by atoms with Crippen LogP contribution >= 0.6 is 0 Å². The molecule has 5 nitrogen and oxygen atoms in total. The monoisotopic (exact) mass is 270 g/mol. The Labute approximate surface area is 108 Å². The number of hydrogen-bond acceptors (Lipinski definition) is 3. The molecule has 0 unspecified atom stereocenters. The van der Waals surface area contributed by atoms with Gasteiger partial charge in [-0.05, 0) is 25.5 Å². The second-order valence-electron chi connectivity index (χ2n) is 4.61. The van der Waals surface area contributed by atoms with Crippen molar-refractivity contribution < 1.29 is 12.8 Å². The molecule has 0 aromatic carbocycles. The summed E-state index contributed by atoms with van der Waals surface area (Å²) in [6.07, 6.45) is 2.35. The Morgan fingerprint density at radius 3 is 2.67 bits per heavy atom. The Hall–Kier alpha value is -1.11. The third kappa shape index (κ3) is 2.36. The van der Waals surface area contributed by atoms with Crippen LogP contribution in [0.25, 0.3) is 5.57 Å². The van der Waals surface area contributed by atoms with Crippen LogP contribution in [0, 0.1) is 0 Å². The van der Waals surface area contributed by atoms with E-state index >= 15 is 0 Å². The summed E-state index contributed by atoms with van der Waals surface area (Å²) >= 11 is 0. The SMILES string of the molecule is CC1=C(c2ccco2)CN(S(=O)(=O)N(C)C)CC1. The molecule has 0 amide bonds. The third-order valence-electron chi connectivity index (χ3n) is 3.19. The zero-order valence-electron chi connectivity index (χ0n) is 10.9. The van der Waals surface area contributed by atoms with E-state index in [1.807, 2.05) is 19.1 Å². The molecule has 0 aliphatic carbocycles. The standard InChI is InChI=1S/C12H18N2O3S/c1-10-6-7-14(18(15,16)13(2)3)9-11(10)12-5-4-8-17-12/h4-5,8H,6-7,9H2,1-3H3. The molecule has 1 aliphatic rings. The van der Waals surface area contributed by atoms with Crippen molar-refractivity contribution in [1.29, 1.82) is 0 Å². The van der Waals surface area contributed by atoms with Crippen molar-refractivity contribution in [3.63, 3.8) is 0 Å². The van der Waals surface area contributed by atoms with E-state index in [4.69, 9.17) is 4.42 Å². The van der Waals surface area contributed by atoms with Gasteiger partial charge in [-0.1, -0.05) is 5.57 Å². The van der Waals surface area contributed by atoms with Gasteiger partial charge < -0.3 is 4.42 Å². The molecular weight excluding hydrogens is 252 g/mol. The summed E-state index contributed by atoms with van der Waals surface area (Å²) in [5, 5.41) is 0. The lowest BCUT2D eigenvalue weighted by Gasteiger charge is -2.30. The largest absolute Gasteiger partial charge is 0.465 e. The first kappa shape index (κ1) is 13.3. The first-order chi connectivity index (χ1) is 8.43. The van der Waals surface area contributed by atoms with Crippen LogP contribution in [0.1, 0.15) is 19.1 Å². The summed E-state index contributed by atoms with van der Waals surface area (Å²) in [6.45, 7) is 2.92. The van der Waals surface area contributed by atoms with Crippen LogP contribution < -0.4 is 0 Å². The molecule has 100 valence electrons. The Morgan fingerprint density at radius 2 is 2.11 bits per heavy atom. The molecule has 1 aliphatic heterocycles. The molecule has 1 aromatic heterocycles. The average Bonchev–Trinajstić information content (AvgIpc) is 2.82. The molecule has 0 fully saturated rings. The van der Waals surface area contributed by atoms with Crippen LogP contribution in [0.15, 0.2) is 28.4 Å². The molecule has 2 heterocycles. The highest BCUT2D eigenvalue weighted by molar-refractivity contribution is 7.86. The van der Waals surface area contributed by atoms with Crippen LogP contribution in [0.3, 0.4) is 0 Å². The molecule has 0 atom stereocenters. The first-order valence-corrected chi connectivity index (χ1v) is 7.22. The molecule has 0 N–H and O–H groups in total. The molecule has 0 saturated heterocycles. The predicted octanol–water partition coefficient (Wildman–Crippen LogP) is 1.57. The van der Waals surface area contributed by atoms with Crippen molar-refractivity contribution >= 4 is 15.8 Å². The second kappa shape index (κ2) is 4.87. The lowest BCUT2D eigenvalue weighted by molar-refractivity contribution is 0.391. The fourth-order valence-electron chi connectivity index (χ4n) is 2.00. The lowest BCUT2D eigenvalue weighted by atomic mass is 10.0. The van der Waals surface area contributed by atoms with Gasteiger partial charge in [-0.2, -0.15) is 17.0 Å². The Bertz CT molecular complexity index is 544. The predicted molar refractivity (Wildman–Crippen MR) is 70.1 cm³/mol. The van der Waals surface area contributed by atoms with E-state index in [2.05, 4.69) is 0 Å². The summed E-state index contributed by atoms with van der Waals surface area (Å²) < 4.78 is 32.3. The highest BCUT2D eigenvalue weighted by Gasteiger charge is 2.29. The van der Waals surface area contributed by atoms with E-state index in [0.717, 1.165) is 17.8 Å². The van der Waals surface area contributed by atoms with Crippen LogP contribution in [-0.4, -0.2) is 44.2 Å². The zero-order valence-corrected chi connectivity index (χ0v) is 11.7. The van der Waals surface area contributed by atoms with Gasteiger partial charge in [0.05, 0.1) is 6.26 Å². The third-order valence-corrected chi connectivity index (χ3v) is 5.08. The van der Waals surface area contributed by atoms with Crippen LogP contribution in [0.5, 0.6) is 0 Å². The van der Waals surface area contributed by atoms with Crippen molar-refractivity contribution in [3.8, 4) is 0 Å². The van der Waals surface area contributed by atoms with E-state index in [9.17, 15) is 8.42 Å². The number of rotatable bonds is 3. The second-order valence-corrected chi connectivity index (χ2v) is 6.75.